The van der Waals surface area contributed by atoms with Crippen molar-refractivity contribution in [2.75, 3.05) is 0 Å². The van der Waals surface area contributed by atoms with Crippen LogP contribution in [0, 0.1) is 13.8 Å². The number of pyridine rings is 1. The van der Waals surface area contributed by atoms with Crippen molar-refractivity contribution in [1.29, 1.82) is 0 Å². The number of aromatic carboxylic acids is 1. The monoisotopic (exact) mass is 306 g/mol. The van der Waals surface area contributed by atoms with Gasteiger partial charge in [0.25, 0.3) is 5.22 Å². The fourth-order valence-electron chi connectivity index (χ4n) is 1.64. The first-order valence-corrected chi connectivity index (χ1v) is 7.36. The summed E-state index contributed by atoms with van der Waals surface area (Å²) in [7, 11) is 0. The molecule has 2 aromatic rings. The highest BCUT2D eigenvalue weighted by Crippen LogP contribution is 2.30. The van der Waals surface area contributed by atoms with Gasteiger partial charge < -0.3 is 9.52 Å². The van der Waals surface area contributed by atoms with Gasteiger partial charge in [0.2, 0.25) is 0 Å². The van der Waals surface area contributed by atoms with Gasteiger partial charge in [-0.3, -0.25) is 0 Å². The number of hydrogen-bond donors (Lipinski definition) is 1. The van der Waals surface area contributed by atoms with Crippen LogP contribution in [0.15, 0.2) is 26.8 Å². The largest absolute Gasteiger partial charge is 0.478 e. The highest BCUT2D eigenvalue weighted by atomic mass is 32.2. The molecule has 2 aromatic heterocycles. The predicted octanol–water partition coefficient (Wildman–Crippen LogP) is 3.83. The Bertz CT molecular complexity index is 667. The average molecular weight is 306 g/mol. The molecular weight excluding hydrogens is 288 g/mol. The molecule has 0 radical (unpaired) electrons. The third kappa shape index (κ3) is 3.64. The lowest BCUT2D eigenvalue weighted by Crippen LogP contribution is -2.15. The summed E-state index contributed by atoms with van der Waals surface area (Å²) < 4.78 is 5.51. The third-order valence-electron chi connectivity index (χ3n) is 3.02. The van der Waals surface area contributed by atoms with Crippen LogP contribution in [0.4, 0.5) is 0 Å². The maximum atomic E-state index is 11.3. The molecule has 0 saturated carbocycles. The Morgan fingerprint density at radius 3 is 2.38 bits per heavy atom. The fourth-order valence-corrected chi connectivity index (χ4v) is 2.50. The van der Waals surface area contributed by atoms with Gasteiger partial charge in [0.15, 0.2) is 0 Å². The molecule has 0 saturated heterocycles. The Hall–Kier alpha value is -1.82. The quantitative estimate of drug-likeness (QED) is 0.928. The van der Waals surface area contributed by atoms with Crippen molar-refractivity contribution in [2.24, 2.45) is 0 Å². The predicted molar refractivity (Wildman–Crippen MR) is 80.0 cm³/mol. The van der Waals surface area contributed by atoms with Gasteiger partial charge in [0.1, 0.15) is 10.8 Å². The number of aromatic nitrogens is 2. The zero-order chi connectivity index (χ0) is 15.8. The number of aryl methyl sites for hydroxylation is 2. The molecule has 112 valence electrons. The van der Waals surface area contributed by atoms with Crippen molar-refractivity contribution in [3.63, 3.8) is 0 Å². The summed E-state index contributed by atoms with van der Waals surface area (Å²) in [6.45, 7) is 9.69. The van der Waals surface area contributed by atoms with E-state index in [1.54, 1.807) is 6.07 Å². The SMILES string of the molecule is Cc1nc(Sc2cc(C(=O)O)cc(C(C)(C)C)n2)oc1C. The molecule has 0 unspecified atom stereocenters. The first-order chi connectivity index (χ1) is 9.66. The number of carboxylic acids is 1. The second-order valence-corrected chi connectivity index (χ2v) is 6.83. The zero-order valence-corrected chi connectivity index (χ0v) is 13.5. The summed E-state index contributed by atoms with van der Waals surface area (Å²) in [6.07, 6.45) is 0. The molecule has 0 atom stereocenters. The summed E-state index contributed by atoms with van der Waals surface area (Å²) in [6, 6.07) is 3.15. The number of carbonyl (C=O) groups is 1. The van der Waals surface area contributed by atoms with Gasteiger partial charge >= 0.3 is 5.97 Å². The van der Waals surface area contributed by atoms with Crippen molar-refractivity contribution >= 4 is 17.7 Å². The van der Waals surface area contributed by atoms with Crippen LogP contribution in [0.25, 0.3) is 0 Å². The van der Waals surface area contributed by atoms with Crippen LogP contribution in [0.2, 0.25) is 0 Å². The van der Waals surface area contributed by atoms with E-state index in [4.69, 9.17) is 4.42 Å². The van der Waals surface area contributed by atoms with E-state index in [9.17, 15) is 9.90 Å². The molecule has 0 spiro atoms. The zero-order valence-electron chi connectivity index (χ0n) is 12.7. The van der Waals surface area contributed by atoms with E-state index in [2.05, 4.69) is 9.97 Å². The van der Waals surface area contributed by atoms with Crippen LogP contribution in [0.5, 0.6) is 0 Å². The van der Waals surface area contributed by atoms with Crippen molar-refractivity contribution in [3.8, 4) is 0 Å². The second kappa shape index (κ2) is 5.52. The van der Waals surface area contributed by atoms with E-state index in [1.165, 1.54) is 17.8 Å². The number of oxazole rings is 1. The normalized spacial score (nSPS) is 11.7. The molecule has 0 bridgehead atoms. The Morgan fingerprint density at radius 1 is 1.24 bits per heavy atom. The highest BCUT2D eigenvalue weighted by molar-refractivity contribution is 7.99. The molecule has 1 N–H and O–H groups in total. The summed E-state index contributed by atoms with van der Waals surface area (Å²) >= 11 is 1.23. The van der Waals surface area contributed by atoms with Gasteiger partial charge in [0, 0.05) is 11.1 Å². The lowest BCUT2D eigenvalue weighted by atomic mass is 9.91. The Kier molecular flexibility index (Phi) is 4.09. The maximum Gasteiger partial charge on any atom is 0.335 e. The van der Waals surface area contributed by atoms with Crippen LogP contribution in [0.3, 0.4) is 0 Å². The molecule has 0 aliphatic carbocycles. The minimum atomic E-state index is -0.968. The standard InChI is InChI=1S/C15H18N2O3S/c1-8-9(2)20-14(16-8)21-12-7-10(13(18)19)6-11(17-12)15(3,4)5/h6-7H,1-5H3,(H,18,19). The van der Waals surface area contributed by atoms with Gasteiger partial charge in [-0.15, -0.1) is 0 Å². The van der Waals surface area contributed by atoms with E-state index in [1.807, 2.05) is 34.6 Å². The molecule has 6 heteroatoms. The lowest BCUT2D eigenvalue weighted by Gasteiger charge is -2.18. The molecule has 2 rings (SSSR count). The maximum absolute atomic E-state index is 11.3. The minimum absolute atomic E-state index is 0.220. The van der Waals surface area contributed by atoms with E-state index in [0.717, 1.165) is 17.1 Å². The molecule has 0 aromatic carbocycles. The minimum Gasteiger partial charge on any atom is -0.478 e. The molecular formula is C15H18N2O3S. The van der Waals surface area contributed by atoms with Crippen LogP contribution < -0.4 is 0 Å². The van der Waals surface area contributed by atoms with E-state index >= 15 is 0 Å². The third-order valence-corrected chi connectivity index (χ3v) is 3.79. The Morgan fingerprint density at radius 2 is 1.90 bits per heavy atom. The molecule has 2 heterocycles. The topological polar surface area (TPSA) is 76.2 Å². The Labute approximate surface area is 127 Å². The van der Waals surface area contributed by atoms with Crippen LogP contribution >= 0.6 is 11.8 Å². The first-order valence-electron chi connectivity index (χ1n) is 6.54. The van der Waals surface area contributed by atoms with Gasteiger partial charge in [-0.05, 0) is 37.7 Å². The second-order valence-electron chi connectivity index (χ2n) is 5.86. The molecule has 0 amide bonds. The van der Waals surface area contributed by atoms with Crippen molar-refractivity contribution in [3.05, 3.63) is 34.8 Å². The summed E-state index contributed by atoms with van der Waals surface area (Å²) in [5, 5.41) is 10.3. The van der Waals surface area contributed by atoms with Gasteiger partial charge in [-0.2, -0.15) is 0 Å². The fraction of sp³-hybridized carbons (Fsp3) is 0.400. The van der Waals surface area contributed by atoms with Crippen LogP contribution in [-0.4, -0.2) is 21.0 Å². The van der Waals surface area contributed by atoms with E-state index < -0.39 is 5.97 Å². The van der Waals surface area contributed by atoms with Gasteiger partial charge in [-0.25, -0.2) is 14.8 Å². The van der Waals surface area contributed by atoms with Crippen molar-refractivity contribution in [2.45, 2.75) is 50.3 Å². The summed E-state index contributed by atoms with van der Waals surface area (Å²) in [4.78, 5) is 20.1. The number of hydrogen-bond acceptors (Lipinski definition) is 5. The molecule has 0 aliphatic heterocycles. The molecule has 0 aliphatic rings. The number of nitrogens with zero attached hydrogens (tertiary/aromatic N) is 2. The van der Waals surface area contributed by atoms with Gasteiger partial charge in [-0.1, -0.05) is 20.8 Å². The van der Waals surface area contributed by atoms with E-state index in [-0.39, 0.29) is 11.0 Å². The molecule has 0 fully saturated rings. The van der Waals surface area contributed by atoms with Crippen LogP contribution in [-0.2, 0) is 5.41 Å². The Balaban J connectivity index is 2.42. The van der Waals surface area contributed by atoms with Crippen LogP contribution in [0.1, 0.15) is 48.3 Å². The van der Waals surface area contributed by atoms with E-state index in [0.29, 0.717) is 10.2 Å². The number of rotatable bonds is 3. The lowest BCUT2D eigenvalue weighted by molar-refractivity contribution is 0.0696. The van der Waals surface area contributed by atoms with Crippen molar-refractivity contribution in [1.82, 2.24) is 9.97 Å². The van der Waals surface area contributed by atoms with Crippen molar-refractivity contribution < 1.29 is 14.3 Å². The summed E-state index contributed by atoms with van der Waals surface area (Å²) in [5.41, 5.74) is 1.54. The highest BCUT2D eigenvalue weighted by Gasteiger charge is 2.20. The first kappa shape index (κ1) is 15.6. The smallest absolute Gasteiger partial charge is 0.335 e. The summed E-state index contributed by atoms with van der Waals surface area (Å²) in [5.74, 6) is -0.215. The number of carboxylic acid groups (broad SMARTS) is 1. The van der Waals surface area contributed by atoms with Gasteiger partial charge in [0.05, 0.1) is 11.3 Å². The average Bonchev–Trinajstić information content (AvgIpc) is 2.66. The molecule has 5 nitrogen and oxygen atoms in total. The molecule has 21 heavy (non-hydrogen) atoms.